The van der Waals surface area contributed by atoms with Crippen LogP contribution in [0.15, 0.2) is 67.3 Å². The molecule has 2 aromatic carbocycles. The average molecular weight is 570 g/mol. The summed E-state index contributed by atoms with van der Waals surface area (Å²) in [7, 11) is 0. The first-order valence-electron chi connectivity index (χ1n) is 13.4. The zero-order valence-corrected chi connectivity index (χ0v) is 23.2. The van der Waals surface area contributed by atoms with Gasteiger partial charge in [-0.3, -0.25) is 9.59 Å². The van der Waals surface area contributed by atoms with E-state index >= 15 is 0 Å². The fraction of sp³-hybridized carbons (Fsp3) is 0.367. The average Bonchev–Trinajstić information content (AvgIpc) is 2.92. The first kappa shape index (κ1) is 29.9. The maximum absolute atomic E-state index is 14.6. The van der Waals surface area contributed by atoms with Crippen molar-refractivity contribution < 1.29 is 27.6 Å². The molecule has 4 rings (SSSR count). The summed E-state index contributed by atoms with van der Waals surface area (Å²) < 4.78 is 41.5. The van der Waals surface area contributed by atoms with Crippen LogP contribution >= 0.6 is 0 Å². The van der Waals surface area contributed by atoms with Gasteiger partial charge in [0.05, 0.1) is 13.1 Å². The lowest BCUT2D eigenvalue weighted by molar-refractivity contribution is -0.190. The van der Waals surface area contributed by atoms with Crippen molar-refractivity contribution in [1.29, 1.82) is 0 Å². The summed E-state index contributed by atoms with van der Waals surface area (Å²) in [5.74, 6) is -2.80. The second kappa shape index (κ2) is 12.6. The number of nitrogens with one attached hydrogen (secondary N) is 1. The maximum Gasteiger partial charge on any atom is 0.334 e. The van der Waals surface area contributed by atoms with E-state index in [1.54, 1.807) is 23.2 Å². The highest BCUT2D eigenvalue weighted by Crippen LogP contribution is 2.31. The Hall–Kier alpha value is -4.12. The van der Waals surface area contributed by atoms with Gasteiger partial charge in [0.25, 0.3) is 0 Å². The molecule has 1 N–H and O–H groups in total. The number of halogens is 3. The Balaban J connectivity index is 1.69. The molecular formula is C30H34F3N5O3. The number of hydrogen-bond acceptors (Lipinski definition) is 4. The summed E-state index contributed by atoms with van der Waals surface area (Å²) >= 11 is 0. The second-order valence-electron chi connectivity index (χ2n) is 10.5. The third-order valence-corrected chi connectivity index (χ3v) is 7.53. The lowest BCUT2D eigenvalue weighted by Gasteiger charge is -2.55. The van der Waals surface area contributed by atoms with Gasteiger partial charge in [0.2, 0.25) is 11.8 Å². The minimum absolute atomic E-state index is 0.0950. The molecule has 11 heteroatoms. The van der Waals surface area contributed by atoms with Crippen molar-refractivity contribution in [1.82, 2.24) is 25.1 Å². The van der Waals surface area contributed by atoms with E-state index in [2.05, 4.69) is 18.5 Å². The van der Waals surface area contributed by atoms with Crippen molar-refractivity contribution in [2.24, 2.45) is 5.92 Å². The third-order valence-electron chi connectivity index (χ3n) is 7.53. The van der Waals surface area contributed by atoms with Crippen molar-refractivity contribution in [3.63, 3.8) is 0 Å². The molecule has 2 aromatic rings. The number of carbonyl (C=O) groups is 3. The Morgan fingerprint density at radius 2 is 1.80 bits per heavy atom. The van der Waals surface area contributed by atoms with Crippen LogP contribution in [0.1, 0.15) is 31.4 Å². The van der Waals surface area contributed by atoms with Crippen LogP contribution in [0.4, 0.5) is 18.0 Å². The van der Waals surface area contributed by atoms with E-state index in [9.17, 15) is 27.6 Å². The van der Waals surface area contributed by atoms with Gasteiger partial charge in [-0.1, -0.05) is 43.4 Å². The van der Waals surface area contributed by atoms with E-state index in [1.807, 2.05) is 13.8 Å². The summed E-state index contributed by atoms with van der Waals surface area (Å²) in [5, 5.41) is 5.76. The molecule has 0 aromatic heterocycles. The molecule has 0 saturated carbocycles. The number of rotatable bonds is 9. The highest BCUT2D eigenvalue weighted by Gasteiger charge is 2.51. The Morgan fingerprint density at radius 3 is 2.44 bits per heavy atom. The van der Waals surface area contributed by atoms with Crippen molar-refractivity contribution in [3.05, 3.63) is 95.9 Å². The molecule has 2 aliphatic rings. The van der Waals surface area contributed by atoms with Gasteiger partial charge >= 0.3 is 6.03 Å². The lowest BCUT2D eigenvalue weighted by atomic mass is 9.92. The zero-order valence-electron chi connectivity index (χ0n) is 23.2. The number of hydrogen-bond donors (Lipinski definition) is 1. The molecule has 41 heavy (non-hydrogen) atoms. The summed E-state index contributed by atoms with van der Waals surface area (Å²) in [5.41, 5.74) is 1.60. The predicted molar refractivity (Wildman–Crippen MR) is 147 cm³/mol. The van der Waals surface area contributed by atoms with Crippen molar-refractivity contribution in [2.45, 2.75) is 45.6 Å². The van der Waals surface area contributed by atoms with E-state index in [0.717, 1.165) is 17.7 Å². The fourth-order valence-corrected chi connectivity index (χ4v) is 5.12. The minimum Gasteiger partial charge on any atom is -0.333 e. The number of piperazine rings is 1. The molecular weight excluding hydrogens is 535 g/mol. The summed E-state index contributed by atoms with van der Waals surface area (Å²) in [4.78, 5) is 43.8. The monoisotopic (exact) mass is 569 g/mol. The van der Waals surface area contributed by atoms with Gasteiger partial charge in [0.1, 0.15) is 29.7 Å². The van der Waals surface area contributed by atoms with Gasteiger partial charge in [-0.15, -0.1) is 6.58 Å². The molecule has 3 atom stereocenters. The van der Waals surface area contributed by atoms with Gasteiger partial charge in [-0.05, 0) is 43.0 Å². The molecule has 0 spiro atoms. The number of benzene rings is 2. The van der Waals surface area contributed by atoms with Crippen LogP contribution in [0.2, 0.25) is 0 Å². The number of nitrogens with zero attached hydrogens (tertiary/aromatic N) is 4. The van der Waals surface area contributed by atoms with Crippen LogP contribution in [0.5, 0.6) is 0 Å². The second-order valence-corrected chi connectivity index (χ2v) is 10.5. The Morgan fingerprint density at radius 1 is 1.12 bits per heavy atom. The van der Waals surface area contributed by atoms with E-state index in [-0.39, 0.29) is 56.5 Å². The zero-order chi connectivity index (χ0) is 29.8. The molecule has 2 aliphatic heterocycles. The number of carbonyl (C=O) groups excluding carboxylic acids is 3. The number of amides is 4. The van der Waals surface area contributed by atoms with Crippen LogP contribution in [0.3, 0.4) is 0 Å². The molecule has 0 bridgehead atoms. The van der Waals surface area contributed by atoms with Crippen LogP contribution in [0, 0.1) is 23.4 Å². The summed E-state index contributed by atoms with van der Waals surface area (Å²) in [6.07, 6.45) is 0.905. The molecule has 1 unspecified atom stereocenters. The number of hydrazine groups is 1. The summed E-state index contributed by atoms with van der Waals surface area (Å²) in [6.45, 7) is 11.3. The standard InChI is InChI=1S/C30H34F3N5O3/c1-5-12-36-18-28(39)37-26(13-20(4)19(2)3)29(40)35(16-22-8-11-24(32)14-25(22)33)17-27(37)38(36)30(41)34-15-21-6-9-23(31)10-7-21/h5-11,14,20,26-27H,1-2,12-13,15-18H2,3-4H3,(H,34,41)/t20?,26-,27-/m0/s1. The molecule has 0 radical (unpaired) electrons. The van der Waals surface area contributed by atoms with Crippen LogP contribution in [-0.2, 0) is 22.7 Å². The number of allylic oxidation sites excluding steroid dienone is 1. The van der Waals surface area contributed by atoms with Gasteiger partial charge in [-0.2, -0.15) is 0 Å². The normalized spacial score (nSPS) is 20.1. The number of fused-ring (bicyclic) bond motifs is 1. The molecule has 2 fully saturated rings. The Bertz CT molecular complexity index is 1340. The predicted octanol–water partition coefficient (Wildman–Crippen LogP) is 4.20. The molecule has 2 heterocycles. The molecule has 218 valence electrons. The third kappa shape index (κ3) is 6.62. The molecule has 2 saturated heterocycles. The SMILES string of the molecule is C=CCN1CC(=O)N2[C@@H](CC(C)C(=C)C)C(=O)N(Cc3ccc(F)cc3F)C[C@@H]2N1C(=O)NCc1ccc(F)cc1. The molecule has 4 amide bonds. The van der Waals surface area contributed by atoms with Crippen LogP contribution in [-0.4, -0.2) is 69.5 Å². The fourth-order valence-electron chi connectivity index (χ4n) is 5.12. The molecule has 0 aliphatic carbocycles. The van der Waals surface area contributed by atoms with E-state index in [4.69, 9.17) is 0 Å². The largest absolute Gasteiger partial charge is 0.334 e. The molecule has 8 nitrogen and oxygen atoms in total. The van der Waals surface area contributed by atoms with Crippen molar-refractivity contribution in [2.75, 3.05) is 19.6 Å². The maximum atomic E-state index is 14.6. The van der Waals surface area contributed by atoms with E-state index in [1.165, 1.54) is 33.0 Å². The smallest absolute Gasteiger partial charge is 0.333 e. The minimum atomic E-state index is -0.935. The van der Waals surface area contributed by atoms with Crippen molar-refractivity contribution >= 4 is 17.8 Å². The lowest BCUT2D eigenvalue weighted by Crippen LogP contribution is -2.76. The van der Waals surface area contributed by atoms with Gasteiger partial charge < -0.3 is 15.1 Å². The quantitative estimate of drug-likeness (QED) is 0.460. The van der Waals surface area contributed by atoms with Crippen LogP contribution in [0.25, 0.3) is 0 Å². The topological polar surface area (TPSA) is 76.2 Å². The van der Waals surface area contributed by atoms with Crippen molar-refractivity contribution in [3.8, 4) is 0 Å². The van der Waals surface area contributed by atoms with Gasteiger partial charge in [0, 0.05) is 31.3 Å². The Labute approximate surface area is 237 Å². The Kier molecular flexibility index (Phi) is 9.17. The first-order chi connectivity index (χ1) is 19.5. The van der Waals surface area contributed by atoms with E-state index in [0.29, 0.717) is 5.56 Å². The van der Waals surface area contributed by atoms with Crippen LogP contribution < -0.4 is 5.32 Å². The first-order valence-corrected chi connectivity index (χ1v) is 13.4. The highest BCUT2D eigenvalue weighted by atomic mass is 19.1. The highest BCUT2D eigenvalue weighted by molar-refractivity contribution is 5.91. The van der Waals surface area contributed by atoms with E-state index < -0.39 is 41.6 Å². The summed E-state index contributed by atoms with van der Waals surface area (Å²) in [6, 6.07) is 7.36. The van der Waals surface area contributed by atoms with Gasteiger partial charge in [0.15, 0.2) is 0 Å². The van der Waals surface area contributed by atoms with Gasteiger partial charge in [-0.25, -0.2) is 28.0 Å². The number of urea groups is 1.